The number of carboxylic acids is 1. The summed E-state index contributed by atoms with van der Waals surface area (Å²) in [6.45, 7) is 2.02. The molecule has 0 radical (unpaired) electrons. The molecule has 2 rings (SSSR count). The smallest absolute Gasteiger partial charge is 0.317 e. The number of carbonyl (C=O) groups is 1. The van der Waals surface area contributed by atoms with Crippen LogP contribution in [0.25, 0.3) is 0 Å². The lowest BCUT2D eigenvalue weighted by molar-refractivity contribution is -0.136. The third-order valence-corrected chi connectivity index (χ3v) is 4.63. The van der Waals surface area contributed by atoms with Gasteiger partial charge in [0.25, 0.3) is 0 Å². The second-order valence-electron chi connectivity index (χ2n) is 4.59. The fourth-order valence-electron chi connectivity index (χ4n) is 1.80. The highest BCUT2D eigenvalue weighted by molar-refractivity contribution is 9.10. The van der Waals surface area contributed by atoms with Gasteiger partial charge in [-0.1, -0.05) is 45.8 Å². The summed E-state index contributed by atoms with van der Waals surface area (Å²) in [5.74, 6) is -0.779. The minimum atomic E-state index is -0.779. The van der Waals surface area contributed by atoms with E-state index >= 15 is 0 Å². The lowest BCUT2D eigenvalue weighted by Crippen LogP contribution is -2.19. The maximum absolute atomic E-state index is 11.4. The zero-order valence-corrected chi connectivity index (χ0v) is 13.4. The van der Waals surface area contributed by atoms with Crippen molar-refractivity contribution in [3.63, 3.8) is 0 Å². The molecule has 104 valence electrons. The van der Waals surface area contributed by atoms with Crippen LogP contribution in [0.15, 0.2) is 57.9 Å². The molecule has 0 aliphatic heterocycles. The average Bonchev–Trinajstić information content (AvgIpc) is 2.42. The Morgan fingerprint density at radius 1 is 1.15 bits per heavy atom. The maximum atomic E-state index is 11.4. The largest absolute Gasteiger partial charge is 0.480 e. The van der Waals surface area contributed by atoms with Crippen molar-refractivity contribution in [3.05, 3.63) is 64.1 Å². The summed E-state index contributed by atoms with van der Waals surface area (Å²) in [7, 11) is 0. The molecule has 2 aromatic carbocycles. The van der Waals surface area contributed by atoms with Crippen molar-refractivity contribution in [2.75, 3.05) is 0 Å². The molecule has 20 heavy (non-hydrogen) atoms. The third-order valence-electron chi connectivity index (χ3n) is 2.91. The van der Waals surface area contributed by atoms with Gasteiger partial charge in [-0.15, -0.1) is 11.8 Å². The lowest BCUT2D eigenvalue weighted by atomic mass is 10.1. The molecule has 0 saturated heterocycles. The van der Waals surface area contributed by atoms with E-state index < -0.39 is 11.2 Å². The van der Waals surface area contributed by atoms with Gasteiger partial charge in [-0.25, -0.2) is 0 Å². The third kappa shape index (κ3) is 4.39. The molecule has 4 heteroatoms. The molecule has 1 atom stereocenters. The Kier molecular flexibility index (Phi) is 5.26. The van der Waals surface area contributed by atoms with Gasteiger partial charge in [0.15, 0.2) is 0 Å². The van der Waals surface area contributed by atoms with Crippen molar-refractivity contribution in [2.24, 2.45) is 0 Å². The summed E-state index contributed by atoms with van der Waals surface area (Å²) in [5, 5.41) is 8.90. The zero-order chi connectivity index (χ0) is 14.5. The van der Waals surface area contributed by atoms with Crippen molar-refractivity contribution in [3.8, 4) is 0 Å². The van der Waals surface area contributed by atoms with Crippen LogP contribution in [0, 0.1) is 6.92 Å². The summed E-state index contributed by atoms with van der Waals surface area (Å²) < 4.78 is 0.999. The number of thioether (sulfide) groups is 1. The van der Waals surface area contributed by atoms with Crippen LogP contribution in [0.2, 0.25) is 0 Å². The molecule has 2 aromatic rings. The summed E-state index contributed by atoms with van der Waals surface area (Å²) in [6, 6.07) is 15.7. The van der Waals surface area contributed by atoms with Crippen molar-refractivity contribution in [1.29, 1.82) is 0 Å². The van der Waals surface area contributed by atoms with Gasteiger partial charge < -0.3 is 5.11 Å². The molecule has 0 aromatic heterocycles. The number of hydrogen-bond donors (Lipinski definition) is 1. The molecule has 0 aliphatic rings. The van der Waals surface area contributed by atoms with E-state index in [4.69, 9.17) is 0 Å². The first-order valence-corrected chi connectivity index (χ1v) is 7.92. The number of aryl methyl sites for hydroxylation is 1. The molecule has 2 nitrogen and oxygen atoms in total. The van der Waals surface area contributed by atoms with E-state index in [9.17, 15) is 9.90 Å². The molecule has 0 amide bonds. The van der Waals surface area contributed by atoms with Gasteiger partial charge in [-0.05, 0) is 43.2 Å². The van der Waals surface area contributed by atoms with Gasteiger partial charge in [0.2, 0.25) is 0 Å². The van der Waals surface area contributed by atoms with Gasteiger partial charge in [-0.2, -0.15) is 0 Å². The Bertz CT molecular complexity index is 531. The number of carboxylic acid groups (broad SMARTS) is 1. The molecular weight excluding hydrogens is 336 g/mol. The van der Waals surface area contributed by atoms with Crippen LogP contribution in [0.3, 0.4) is 0 Å². The first-order valence-electron chi connectivity index (χ1n) is 6.25. The van der Waals surface area contributed by atoms with Crippen LogP contribution >= 0.6 is 27.7 Å². The standard InChI is InChI=1S/C16H15BrO2S/c1-11-2-8-14(9-3-11)20-15(16(18)19)10-12-4-6-13(17)7-5-12/h2-9,15H,10H2,1H3,(H,18,19)/t15-/m1/s1. The molecule has 1 N–H and O–H groups in total. The Morgan fingerprint density at radius 3 is 2.30 bits per heavy atom. The van der Waals surface area contributed by atoms with Crippen LogP contribution in [-0.4, -0.2) is 16.3 Å². The van der Waals surface area contributed by atoms with E-state index in [1.165, 1.54) is 17.3 Å². The number of rotatable bonds is 5. The maximum Gasteiger partial charge on any atom is 0.317 e. The second kappa shape index (κ2) is 6.95. The van der Waals surface area contributed by atoms with Crippen LogP contribution in [0.5, 0.6) is 0 Å². The summed E-state index contributed by atoms with van der Waals surface area (Å²) in [5.41, 5.74) is 2.20. The van der Waals surface area contributed by atoms with E-state index in [0.717, 1.165) is 14.9 Å². The average molecular weight is 351 g/mol. The highest BCUT2D eigenvalue weighted by Crippen LogP contribution is 2.26. The minimum absolute atomic E-state index is 0.473. The van der Waals surface area contributed by atoms with Gasteiger partial charge in [0, 0.05) is 9.37 Å². The van der Waals surface area contributed by atoms with Crippen molar-refractivity contribution < 1.29 is 9.90 Å². The van der Waals surface area contributed by atoms with E-state index in [1.54, 1.807) is 0 Å². The van der Waals surface area contributed by atoms with E-state index in [1.807, 2.05) is 55.5 Å². The molecule has 0 heterocycles. The Labute approximate surface area is 131 Å². The molecule has 0 aliphatic carbocycles. The topological polar surface area (TPSA) is 37.3 Å². The molecule has 0 fully saturated rings. The number of hydrogen-bond acceptors (Lipinski definition) is 2. The van der Waals surface area contributed by atoms with Crippen LogP contribution in [0.1, 0.15) is 11.1 Å². The van der Waals surface area contributed by atoms with E-state index in [0.29, 0.717) is 6.42 Å². The lowest BCUT2D eigenvalue weighted by Gasteiger charge is -2.12. The molecule has 0 saturated carbocycles. The second-order valence-corrected chi connectivity index (χ2v) is 6.78. The van der Waals surface area contributed by atoms with Gasteiger partial charge in [0.1, 0.15) is 5.25 Å². The van der Waals surface area contributed by atoms with Gasteiger partial charge in [0.05, 0.1) is 0 Å². The molecule has 0 unspecified atom stereocenters. The Balaban J connectivity index is 2.09. The van der Waals surface area contributed by atoms with Crippen LogP contribution < -0.4 is 0 Å². The summed E-state index contributed by atoms with van der Waals surface area (Å²) in [6.07, 6.45) is 0.515. The highest BCUT2D eigenvalue weighted by atomic mass is 79.9. The first-order chi connectivity index (χ1) is 9.54. The normalized spacial score (nSPS) is 12.1. The summed E-state index contributed by atoms with van der Waals surface area (Å²) in [4.78, 5) is 12.4. The minimum Gasteiger partial charge on any atom is -0.480 e. The molecule has 0 spiro atoms. The number of aliphatic carboxylic acids is 1. The fourth-order valence-corrected chi connectivity index (χ4v) is 3.06. The van der Waals surface area contributed by atoms with E-state index in [-0.39, 0.29) is 0 Å². The summed E-state index contributed by atoms with van der Waals surface area (Å²) >= 11 is 4.77. The highest BCUT2D eigenvalue weighted by Gasteiger charge is 2.19. The van der Waals surface area contributed by atoms with Gasteiger partial charge >= 0.3 is 5.97 Å². The Hall–Kier alpha value is -1.26. The zero-order valence-electron chi connectivity index (χ0n) is 11.0. The molecular formula is C16H15BrO2S. The van der Waals surface area contributed by atoms with Crippen molar-refractivity contribution in [1.82, 2.24) is 0 Å². The van der Waals surface area contributed by atoms with Gasteiger partial charge in [-0.3, -0.25) is 4.79 Å². The van der Waals surface area contributed by atoms with E-state index in [2.05, 4.69) is 15.9 Å². The number of benzene rings is 2. The predicted octanol–water partition coefficient (Wildman–Crippen LogP) is 4.55. The Morgan fingerprint density at radius 2 is 1.75 bits per heavy atom. The molecule has 0 bridgehead atoms. The predicted molar refractivity (Wildman–Crippen MR) is 86.3 cm³/mol. The monoisotopic (exact) mass is 350 g/mol. The quantitative estimate of drug-likeness (QED) is 0.804. The fraction of sp³-hybridized carbons (Fsp3) is 0.188. The van der Waals surface area contributed by atoms with Crippen molar-refractivity contribution in [2.45, 2.75) is 23.5 Å². The number of halogens is 1. The van der Waals surface area contributed by atoms with Crippen LogP contribution in [-0.2, 0) is 11.2 Å². The first kappa shape index (κ1) is 15.1. The van der Waals surface area contributed by atoms with Crippen LogP contribution in [0.4, 0.5) is 0 Å². The van der Waals surface area contributed by atoms with Crippen molar-refractivity contribution >= 4 is 33.7 Å². The SMILES string of the molecule is Cc1ccc(S[C@H](Cc2ccc(Br)cc2)C(=O)O)cc1.